The molecule has 0 saturated heterocycles. The van der Waals surface area contributed by atoms with Crippen molar-refractivity contribution in [3.63, 3.8) is 0 Å². The van der Waals surface area contributed by atoms with Gasteiger partial charge in [-0.15, -0.1) is 0 Å². The van der Waals surface area contributed by atoms with Gasteiger partial charge in [0.2, 0.25) is 0 Å². The van der Waals surface area contributed by atoms with E-state index in [1.165, 1.54) is 50.5 Å². The molecular formula is C20H32. The van der Waals surface area contributed by atoms with E-state index in [0.717, 1.165) is 11.8 Å². The van der Waals surface area contributed by atoms with Crippen LogP contribution >= 0.6 is 0 Å². The second-order valence-electron chi connectivity index (χ2n) is 7.70. The number of hydrogen-bond acceptors (Lipinski definition) is 0. The standard InChI is InChI=1S/C20H32/c1-15-8-6-10-16(2)12-13-18-19(20(18,4)5)14-17(3)11-7-9-15/h10,14,18-19H,1,6-9,11-13H2,2-5H3/b16-10+,17-14+/t18-,19+/m0/s1. The third-order valence-electron chi connectivity index (χ3n) is 5.55. The Labute approximate surface area is 126 Å². The fourth-order valence-electron chi connectivity index (χ4n) is 3.81. The molecule has 0 aromatic heterocycles. The van der Waals surface area contributed by atoms with E-state index in [2.05, 4.69) is 46.4 Å². The van der Waals surface area contributed by atoms with Crippen molar-refractivity contribution in [2.75, 3.05) is 0 Å². The molecule has 20 heavy (non-hydrogen) atoms. The minimum atomic E-state index is 0.533. The zero-order chi connectivity index (χ0) is 14.8. The first-order valence-electron chi connectivity index (χ1n) is 8.41. The van der Waals surface area contributed by atoms with E-state index in [9.17, 15) is 0 Å². The predicted molar refractivity (Wildman–Crippen MR) is 89.7 cm³/mol. The second-order valence-corrected chi connectivity index (χ2v) is 7.70. The molecule has 0 amide bonds. The maximum atomic E-state index is 4.23. The molecule has 0 unspecified atom stereocenters. The van der Waals surface area contributed by atoms with Crippen LogP contribution in [0.2, 0.25) is 0 Å². The molecule has 0 aliphatic heterocycles. The van der Waals surface area contributed by atoms with Crippen molar-refractivity contribution < 1.29 is 0 Å². The zero-order valence-electron chi connectivity index (χ0n) is 14.0. The summed E-state index contributed by atoms with van der Waals surface area (Å²) in [4.78, 5) is 0. The fraction of sp³-hybridized carbons (Fsp3) is 0.700. The van der Waals surface area contributed by atoms with E-state index >= 15 is 0 Å². The van der Waals surface area contributed by atoms with Crippen molar-refractivity contribution in [3.8, 4) is 0 Å². The Bertz CT molecular complexity index is 419. The van der Waals surface area contributed by atoms with Gasteiger partial charge < -0.3 is 0 Å². The Kier molecular flexibility index (Phi) is 4.94. The molecule has 2 atom stereocenters. The number of hydrogen-bond donors (Lipinski definition) is 0. The van der Waals surface area contributed by atoms with Gasteiger partial charge in [-0.05, 0) is 76.0 Å². The van der Waals surface area contributed by atoms with E-state index in [1.54, 1.807) is 11.1 Å². The summed E-state index contributed by atoms with van der Waals surface area (Å²) in [6.07, 6.45) is 13.8. The first-order chi connectivity index (χ1) is 9.41. The number of allylic oxidation sites excluding steroid dienone is 5. The molecule has 0 spiro atoms. The van der Waals surface area contributed by atoms with Crippen molar-refractivity contribution in [2.24, 2.45) is 17.3 Å². The van der Waals surface area contributed by atoms with Crippen LogP contribution in [0.1, 0.15) is 72.6 Å². The van der Waals surface area contributed by atoms with Gasteiger partial charge in [0.1, 0.15) is 0 Å². The molecule has 0 aromatic rings. The quantitative estimate of drug-likeness (QED) is 0.444. The molecule has 1 saturated carbocycles. The monoisotopic (exact) mass is 272 g/mol. The first kappa shape index (κ1) is 15.6. The summed E-state index contributed by atoms with van der Waals surface area (Å²) in [6, 6.07) is 0. The molecule has 0 radical (unpaired) electrons. The van der Waals surface area contributed by atoms with Crippen LogP contribution in [-0.2, 0) is 0 Å². The van der Waals surface area contributed by atoms with Crippen LogP contribution in [0.25, 0.3) is 0 Å². The predicted octanol–water partition coefficient (Wildman–Crippen LogP) is 6.45. The molecular weight excluding hydrogens is 240 g/mol. The molecule has 0 heterocycles. The summed E-state index contributed by atoms with van der Waals surface area (Å²) in [5, 5.41) is 0. The van der Waals surface area contributed by atoms with Gasteiger partial charge in [-0.2, -0.15) is 0 Å². The third kappa shape index (κ3) is 3.87. The minimum absolute atomic E-state index is 0.533. The molecule has 2 aliphatic carbocycles. The van der Waals surface area contributed by atoms with Crippen molar-refractivity contribution in [3.05, 3.63) is 35.5 Å². The van der Waals surface area contributed by atoms with Crippen LogP contribution in [0.3, 0.4) is 0 Å². The maximum Gasteiger partial charge on any atom is -0.0143 e. The van der Waals surface area contributed by atoms with E-state index in [-0.39, 0.29) is 0 Å². The average Bonchev–Trinajstić information content (AvgIpc) is 2.86. The molecule has 0 N–H and O–H groups in total. The molecule has 1 fully saturated rings. The van der Waals surface area contributed by atoms with Crippen LogP contribution in [0.15, 0.2) is 35.5 Å². The van der Waals surface area contributed by atoms with Gasteiger partial charge in [0.05, 0.1) is 0 Å². The van der Waals surface area contributed by atoms with Gasteiger partial charge >= 0.3 is 0 Å². The average molecular weight is 272 g/mol. The minimum Gasteiger partial charge on any atom is -0.0999 e. The Balaban J connectivity index is 2.05. The highest BCUT2D eigenvalue weighted by molar-refractivity contribution is 5.19. The molecule has 112 valence electrons. The van der Waals surface area contributed by atoms with E-state index < -0.39 is 0 Å². The van der Waals surface area contributed by atoms with Crippen molar-refractivity contribution in [1.29, 1.82) is 0 Å². The van der Waals surface area contributed by atoms with Crippen molar-refractivity contribution in [1.82, 2.24) is 0 Å². The maximum absolute atomic E-state index is 4.23. The first-order valence-corrected chi connectivity index (χ1v) is 8.41. The number of rotatable bonds is 0. The SMILES string of the molecule is C=C1CC/C=C(\C)CC[C@H]2[C@@H](/C=C(\C)CCC1)C2(C)C. The Morgan fingerprint density at radius 2 is 1.80 bits per heavy atom. The zero-order valence-corrected chi connectivity index (χ0v) is 14.0. The van der Waals surface area contributed by atoms with E-state index in [4.69, 9.17) is 0 Å². The lowest BCUT2D eigenvalue weighted by molar-refractivity contribution is 0.528. The summed E-state index contributed by atoms with van der Waals surface area (Å²) in [5.74, 6) is 1.72. The third-order valence-corrected chi connectivity index (χ3v) is 5.55. The van der Waals surface area contributed by atoms with Crippen molar-refractivity contribution in [2.45, 2.75) is 72.6 Å². The summed E-state index contributed by atoms with van der Waals surface area (Å²) in [6.45, 7) is 13.8. The highest BCUT2D eigenvalue weighted by Crippen LogP contribution is 2.61. The molecule has 0 bridgehead atoms. The van der Waals surface area contributed by atoms with Crippen LogP contribution < -0.4 is 0 Å². The van der Waals surface area contributed by atoms with Gasteiger partial charge in [-0.3, -0.25) is 0 Å². The van der Waals surface area contributed by atoms with E-state index in [1.807, 2.05) is 0 Å². The summed E-state index contributed by atoms with van der Waals surface area (Å²) >= 11 is 0. The Morgan fingerprint density at radius 3 is 2.55 bits per heavy atom. The van der Waals surface area contributed by atoms with Crippen LogP contribution in [0.4, 0.5) is 0 Å². The van der Waals surface area contributed by atoms with Crippen LogP contribution in [0, 0.1) is 17.3 Å². The van der Waals surface area contributed by atoms with Gasteiger partial charge in [0.25, 0.3) is 0 Å². The lowest BCUT2D eigenvalue weighted by Gasteiger charge is -2.07. The summed E-state index contributed by atoms with van der Waals surface area (Å²) < 4.78 is 0. The summed E-state index contributed by atoms with van der Waals surface area (Å²) in [5.41, 5.74) is 5.15. The summed E-state index contributed by atoms with van der Waals surface area (Å²) in [7, 11) is 0. The van der Waals surface area contributed by atoms with Crippen LogP contribution in [0.5, 0.6) is 0 Å². The Hall–Kier alpha value is -0.780. The highest BCUT2D eigenvalue weighted by atomic mass is 14.6. The van der Waals surface area contributed by atoms with Gasteiger partial charge in [0, 0.05) is 0 Å². The molecule has 2 rings (SSSR count). The lowest BCUT2D eigenvalue weighted by Crippen LogP contribution is -1.91. The van der Waals surface area contributed by atoms with Gasteiger partial charge in [0.15, 0.2) is 0 Å². The molecule has 0 nitrogen and oxygen atoms in total. The second kappa shape index (κ2) is 6.33. The fourth-order valence-corrected chi connectivity index (χ4v) is 3.81. The molecule has 0 aromatic carbocycles. The molecule has 2 aliphatic rings. The number of fused-ring (bicyclic) bond motifs is 1. The van der Waals surface area contributed by atoms with Crippen molar-refractivity contribution >= 4 is 0 Å². The topological polar surface area (TPSA) is 0 Å². The smallest absolute Gasteiger partial charge is 0.0143 e. The Morgan fingerprint density at radius 1 is 1.05 bits per heavy atom. The van der Waals surface area contributed by atoms with Gasteiger partial charge in [-0.1, -0.05) is 49.3 Å². The largest absolute Gasteiger partial charge is 0.0999 e. The van der Waals surface area contributed by atoms with E-state index in [0.29, 0.717) is 5.41 Å². The highest BCUT2D eigenvalue weighted by Gasteiger charge is 2.55. The van der Waals surface area contributed by atoms with Crippen LogP contribution in [-0.4, -0.2) is 0 Å². The molecule has 0 heteroatoms. The lowest BCUT2D eigenvalue weighted by atomic mass is 9.99. The van der Waals surface area contributed by atoms with Gasteiger partial charge in [-0.25, -0.2) is 0 Å². The normalized spacial score (nSPS) is 36.9.